The zero-order valence-corrected chi connectivity index (χ0v) is 13.4. The molecular weight excluding hydrogens is 324 g/mol. The van der Waals surface area contributed by atoms with E-state index in [1.54, 1.807) is 13.8 Å². The number of amides is 1. The molecule has 1 aliphatic rings. The van der Waals surface area contributed by atoms with Gasteiger partial charge >= 0.3 is 5.97 Å². The minimum Gasteiger partial charge on any atom is -0.479 e. The number of benzene rings is 1. The third-order valence-corrected chi connectivity index (χ3v) is 3.65. The molecule has 1 fully saturated rings. The van der Waals surface area contributed by atoms with Crippen LogP contribution in [0.3, 0.4) is 0 Å². The Hall–Kier alpha value is -2.22. The van der Waals surface area contributed by atoms with Gasteiger partial charge in [-0.05, 0) is 18.1 Å². The highest BCUT2D eigenvalue weighted by atomic mass is 19.1. The summed E-state index contributed by atoms with van der Waals surface area (Å²) in [5.74, 6) is -3.79. The van der Waals surface area contributed by atoms with Gasteiger partial charge in [-0.3, -0.25) is 4.79 Å². The van der Waals surface area contributed by atoms with Crippen LogP contribution in [0.25, 0.3) is 0 Å². The van der Waals surface area contributed by atoms with E-state index in [0.717, 1.165) is 12.1 Å². The summed E-state index contributed by atoms with van der Waals surface area (Å²) in [7, 11) is 0. The lowest BCUT2D eigenvalue weighted by atomic mass is 10.1. The van der Waals surface area contributed by atoms with Crippen molar-refractivity contribution in [2.45, 2.75) is 26.1 Å². The number of rotatable bonds is 5. The summed E-state index contributed by atoms with van der Waals surface area (Å²) in [5, 5.41) is 9.00. The second kappa shape index (κ2) is 7.57. The molecule has 0 spiro atoms. The summed E-state index contributed by atoms with van der Waals surface area (Å²) in [6.45, 7) is 3.66. The van der Waals surface area contributed by atoms with E-state index in [0.29, 0.717) is 6.07 Å². The first kappa shape index (κ1) is 18.1. The van der Waals surface area contributed by atoms with Gasteiger partial charge in [-0.15, -0.1) is 0 Å². The predicted molar refractivity (Wildman–Crippen MR) is 79.6 cm³/mol. The van der Waals surface area contributed by atoms with Crippen LogP contribution in [0.5, 0.6) is 5.75 Å². The Labute approximate surface area is 138 Å². The SMILES string of the molecule is CC(C)[C@H](Oc1ccc(F)cc1F)C(=O)N1CCO[C@H](C(=O)O)C1. The minimum absolute atomic E-state index is 0.0957. The third kappa shape index (κ3) is 4.19. The molecule has 0 aliphatic carbocycles. The molecule has 1 amide bonds. The molecule has 24 heavy (non-hydrogen) atoms. The van der Waals surface area contributed by atoms with Crippen molar-refractivity contribution in [1.29, 1.82) is 0 Å². The van der Waals surface area contributed by atoms with Crippen molar-refractivity contribution >= 4 is 11.9 Å². The third-order valence-electron chi connectivity index (χ3n) is 3.65. The van der Waals surface area contributed by atoms with Gasteiger partial charge in [0.15, 0.2) is 23.8 Å². The highest BCUT2D eigenvalue weighted by Crippen LogP contribution is 2.23. The van der Waals surface area contributed by atoms with Crippen LogP contribution in [0.1, 0.15) is 13.8 Å². The van der Waals surface area contributed by atoms with Crippen molar-refractivity contribution in [3.8, 4) is 5.75 Å². The van der Waals surface area contributed by atoms with Crippen LogP contribution in [-0.4, -0.2) is 53.8 Å². The second-order valence-electron chi connectivity index (χ2n) is 5.84. The molecule has 1 aromatic carbocycles. The van der Waals surface area contributed by atoms with Gasteiger partial charge in [-0.2, -0.15) is 0 Å². The molecule has 2 rings (SSSR count). The number of ether oxygens (including phenoxy) is 2. The van der Waals surface area contributed by atoms with Crippen molar-refractivity contribution in [3.63, 3.8) is 0 Å². The van der Waals surface area contributed by atoms with Crippen molar-refractivity contribution in [2.75, 3.05) is 19.7 Å². The van der Waals surface area contributed by atoms with Gasteiger partial charge < -0.3 is 19.5 Å². The van der Waals surface area contributed by atoms with E-state index in [1.165, 1.54) is 4.90 Å². The maximum atomic E-state index is 13.8. The molecule has 1 N–H and O–H groups in total. The Morgan fingerprint density at radius 2 is 2.08 bits per heavy atom. The number of hydrogen-bond acceptors (Lipinski definition) is 4. The molecular formula is C16H19F2NO5. The van der Waals surface area contributed by atoms with Crippen molar-refractivity contribution < 1.29 is 33.0 Å². The van der Waals surface area contributed by atoms with Crippen LogP contribution in [0.4, 0.5) is 8.78 Å². The molecule has 1 aromatic rings. The highest BCUT2D eigenvalue weighted by Gasteiger charge is 2.35. The number of carboxylic acids is 1. The van der Waals surface area contributed by atoms with Gasteiger partial charge in [0, 0.05) is 12.6 Å². The van der Waals surface area contributed by atoms with E-state index in [-0.39, 0.29) is 31.4 Å². The summed E-state index contributed by atoms with van der Waals surface area (Å²) < 4.78 is 37.3. The molecule has 0 unspecified atom stereocenters. The topological polar surface area (TPSA) is 76.1 Å². The number of nitrogens with zero attached hydrogens (tertiary/aromatic N) is 1. The average molecular weight is 343 g/mol. The van der Waals surface area contributed by atoms with Gasteiger partial charge in [0.25, 0.3) is 5.91 Å². The fourth-order valence-corrected chi connectivity index (χ4v) is 2.36. The Bertz CT molecular complexity index is 622. The quantitative estimate of drug-likeness (QED) is 0.880. The van der Waals surface area contributed by atoms with E-state index in [2.05, 4.69) is 0 Å². The summed E-state index contributed by atoms with van der Waals surface area (Å²) in [4.78, 5) is 25.0. The van der Waals surface area contributed by atoms with Crippen LogP contribution in [0, 0.1) is 17.6 Å². The van der Waals surface area contributed by atoms with Crippen LogP contribution in [0.15, 0.2) is 18.2 Å². The maximum Gasteiger partial charge on any atom is 0.334 e. The fourth-order valence-electron chi connectivity index (χ4n) is 2.36. The Morgan fingerprint density at radius 3 is 2.67 bits per heavy atom. The number of carbonyl (C=O) groups excluding carboxylic acids is 1. The molecule has 0 radical (unpaired) electrons. The molecule has 0 saturated carbocycles. The van der Waals surface area contributed by atoms with E-state index < -0.39 is 35.7 Å². The monoisotopic (exact) mass is 343 g/mol. The summed E-state index contributed by atoms with van der Waals surface area (Å²) in [6.07, 6.45) is -2.12. The number of halogens is 2. The van der Waals surface area contributed by atoms with E-state index in [1.807, 2.05) is 0 Å². The van der Waals surface area contributed by atoms with Crippen LogP contribution in [-0.2, 0) is 14.3 Å². The van der Waals surface area contributed by atoms with Crippen molar-refractivity contribution in [3.05, 3.63) is 29.8 Å². The summed E-state index contributed by atoms with van der Waals surface area (Å²) in [5.41, 5.74) is 0. The highest BCUT2D eigenvalue weighted by molar-refractivity contribution is 5.83. The van der Waals surface area contributed by atoms with Crippen LogP contribution in [0.2, 0.25) is 0 Å². The molecule has 0 bridgehead atoms. The molecule has 2 atom stereocenters. The molecule has 6 nitrogen and oxygen atoms in total. The Kier molecular flexibility index (Phi) is 5.71. The summed E-state index contributed by atoms with van der Waals surface area (Å²) in [6, 6.07) is 2.83. The lowest BCUT2D eigenvalue weighted by molar-refractivity contribution is -0.162. The fraction of sp³-hybridized carbons (Fsp3) is 0.500. The van der Waals surface area contributed by atoms with Gasteiger partial charge in [0.1, 0.15) is 5.82 Å². The second-order valence-corrected chi connectivity index (χ2v) is 5.84. The first-order chi connectivity index (χ1) is 11.3. The maximum absolute atomic E-state index is 13.8. The van der Waals surface area contributed by atoms with Crippen molar-refractivity contribution in [2.24, 2.45) is 5.92 Å². The molecule has 1 saturated heterocycles. The number of aliphatic carboxylic acids is 1. The summed E-state index contributed by atoms with van der Waals surface area (Å²) >= 11 is 0. The first-order valence-corrected chi connectivity index (χ1v) is 7.54. The molecule has 1 aliphatic heterocycles. The number of morpholine rings is 1. The largest absolute Gasteiger partial charge is 0.479 e. The van der Waals surface area contributed by atoms with Gasteiger partial charge in [0.2, 0.25) is 0 Å². The van der Waals surface area contributed by atoms with E-state index in [4.69, 9.17) is 14.6 Å². The molecule has 8 heteroatoms. The first-order valence-electron chi connectivity index (χ1n) is 7.54. The zero-order chi connectivity index (χ0) is 17.9. The predicted octanol–water partition coefficient (Wildman–Crippen LogP) is 1.68. The van der Waals surface area contributed by atoms with Crippen molar-refractivity contribution in [1.82, 2.24) is 4.90 Å². The minimum atomic E-state index is -1.15. The molecule has 132 valence electrons. The standard InChI is InChI=1S/C16H19F2NO5/c1-9(2)14(24-12-4-3-10(17)7-11(12)18)15(20)19-5-6-23-13(8-19)16(21)22/h3-4,7,9,13-14H,5-6,8H2,1-2H3,(H,21,22)/t13-,14-/m0/s1. The molecule has 0 aromatic heterocycles. The van der Waals surface area contributed by atoms with E-state index >= 15 is 0 Å². The average Bonchev–Trinajstić information content (AvgIpc) is 2.53. The van der Waals surface area contributed by atoms with Crippen LogP contribution < -0.4 is 4.74 Å². The Balaban J connectivity index is 2.14. The van der Waals surface area contributed by atoms with Gasteiger partial charge in [0.05, 0.1) is 13.2 Å². The normalized spacial score (nSPS) is 19.2. The Morgan fingerprint density at radius 1 is 1.38 bits per heavy atom. The van der Waals surface area contributed by atoms with Crippen LogP contribution >= 0.6 is 0 Å². The smallest absolute Gasteiger partial charge is 0.334 e. The number of hydrogen-bond donors (Lipinski definition) is 1. The number of carbonyl (C=O) groups is 2. The van der Waals surface area contributed by atoms with Gasteiger partial charge in [-0.1, -0.05) is 13.8 Å². The number of carboxylic acid groups (broad SMARTS) is 1. The lowest BCUT2D eigenvalue weighted by Crippen LogP contribution is -2.53. The zero-order valence-electron chi connectivity index (χ0n) is 13.4. The lowest BCUT2D eigenvalue weighted by Gasteiger charge is -2.34. The molecule has 1 heterocycles. The van der Waals surface area contributed by atoms with E-state index in [9.17, 15) is 18.4 Å². The van der Waals surface area contributed by atoms with Gasteiger partial charge in [-0.25, -0.2) is 13.6 Å².